The number of aromatic nitrogens is 2. The van der Waals surface area contributed by atoms with Gasteiger partial charge in [0.25, 0.3) is 11.2 Å². The van der Waals surface area contributed by atoms with Crippen molar-refractivity contribution < 1.29 is 24.0 Å². The smallest absolute Gasteiger partial charge is 0.355 e. The number of carbonyl (C=O) groups excluding carboxylic acids is 2. The highest BCUT2D eigenvalue weighted by molar-refractivity contribution is 6.30. The number of benzene rings is 2. The van der Waals surface area contributed by atoms with Gasteiger partial charge in [0.1, 0.15) is 6.61 Å². The Bertz CT molecular complexity index is 1760. The van der Waals surface area contributed by atoms with Gasteiger partial charge >= 0.3 is 11.9 Å². The first kappa shape index (κ1) is 26.1. The number of non-ortho nitro benzene ring substituents is 1. The molecule has 6 rings (SSSR count). The summed E-state index contributed by atoms with van der Waals surface area (Å²) in [5.74, 6) is -1.55. The fraction of sp³-hybridized carbons (Fsp3) is 0.214. The van der Waals surface area contributed by atoms with E-state index in [4.69, 9.17) is 21.1 Å². The SMILES string of the molecule is C.CC[C@@]1(OC(=O)c2ccc(Cl)cc2)C(=O)OCc2c1cc1n(c2=O)Cc2cc3c([N+](=O)[O-])cccc3nc2-1. The van der Waals surface area contributed by atoms with Crippen LogP contribution in [0.5, 0.6) is 0 Å². The molecule has 0 radical (unpaired) electrons. The van der Waals surface area contributed by atoms with Crippen molar-refractivity contribution in [1.82, 2.24) is 9.55 Å². The number of nitro groups is 1. The zero-order valence-electron chi connectivity index (χ0n) is 19.9. The fourth-order valence-electron chi connectivity index (χ4n) is 5.11. The number of nitro benzene ring substituents is 1. The molecule has 2 aromatic heterocycles. The number of cyclic esters (lactones) is 1. The Morgan fingerprint density at radius 2 is 1.95 bits per heavy atom. The van der Waals surface area contributed by atoms with E-state index < -0.39 is 28.0 Å². The molecule has 198 valence electrons. The zero-order valence-corrected chi connectivity index (χ0v) is 20.7. The van der Waals surface area contributed by atoms with E-state index in [9.17, 15) is 24.5 Å². The number of hydrogen-bond donors (Lipinski definition) is 0. The molecule has 0 unspecified atom stereocenters. The summed E-state index contributed by atoms with van der Waals surface area (Å²) in [6.07, 6.45) is 0.0191. The van der Waals surface area contributed by atoms with Crippen molar-refractivity contribution in [1.29, 1.82) is 0 Å². The maximum Gasteiger partial charge on any atom is 0.355 e. The van der Waals surface area contributed by atoms with Gasteiger partial charge in [-0.25, -0.2) is 14.6 Å². The second kappa shape index (κ2) is 9.32. The number of rotatable bonds is 4. The van der Waals surface area contributed by atoms with E-state index >= 15 is 0 Å². The van der Waals surface area contributed by atoms with Gasteiger partial charge in [-0.1, -0.05) is 32.0 Å². The van der Waals surface area contributed by atoms with E-state index in [0.717, 1.165) is 0 Å². The summed E-state index contributed by atoms with van der Waals surface area (Å²) in [5.41, 5.74) is 0.174. The largest absolute Gasteiger partial charge is 0.457 e. The van der Waals surface area contributed by atoms with Gasteiger partial charge in [-0.05, 0) is 48.9 Å². The lowest BCUT2D eigenvalue weighted by molar-refractivity contribution is -0.383. The molecule has 39 heavy (non-hydrogen) atoms. The number of halogens is 1. The Labute approximate surface area is 226 Å². The molecule has 2 aromatic carbocycles. The van der Waals surface area contributed by atoms with E-state index in [1.807, 2.05) is 0 Å². The number of fused-ring (bicyclic) bond motifs is 5. The topological polar surface area (TPSA) is 131 Å². The third-order valence-corrected chi connectivity index (χ3v) is 7.29. The highest BCUT2D eigenvalue weighted by Gasteiger charge is 2.50. The molecule has 0 bridgehead atoms. The summed E-state index contributed by atoms with van der Waals surface area (Å²) in [7, 11) is 0. The van der Waals surface area contributed by atoms with Crippen molar-refractivity contribution >= 4 is 40.1 Å². The van der Waals surface area contributed by atoms with Crippen LogP contribution in [0.25, 0.3) is 22.3 Å². The Hall–Kier alpha value is -4.57. The van der Waals surface area contributed by atoms with E-state index in [-0.39, 0.29) is 49.4 Å². The molecule has 0 saturated heterocycles. The number of carbonyl (C=O) groups is 2. The monoisotopic (exact) mass is 547 g/mol. The van der Waals surface area contributed by atoms with Gasteiger partial charge in [-0.2, -0.15) is 0 Å². The van der Waals surface area contributed by atoms with Gasteiger partial charge in [-0.3, -0.25) is 14.9 Å². The Morgan fingerprint density at radius 1 is 1.21 bits per heavy atom. The molecule has 10 nitrogen and oxygen atoms in total. The van der Waals surface area contributed by atoms with Gasteiger partial charge in [-0.15, -0.1) is 0 Å². The van der Waals surface area contributed by atoms with Crippen molar-refractivity contribution in [3.05, 3.63) is 102 Å². The summed E-state index contributed by atoms with van der Waals surface area (Å²) < 4.78 is 12.6. The van der Waals surface area contributed by atoms with Crippen molar-refractivity contribution in [2.45, 2.75) is 39.5 Å². The first-order chi connectivity index (χ1) is 18.2. The number of nitrogens with zero attached hydrogens (tertiary/aromatic N) is 3. The standard InChI is InChI=1S/C27H18ClN3O7.CH4/c1-2-27(38-25(33)14-6-8-16(28)9-7-14)19-11-22-23-15(12-30(22)24(32)18(19)13-37-26(27)34)10-17-20(29-23)4-3-5-21(17)31(35)36;/h3-11H,2,12-13H2,1H3;1H4/t27-;/m0./s1. The number of ether oxygens (including phenoxy) is 2. The maximum atomic E-state index is 13.6. The fourth-order valence-corrected chi connectivity index (χ4v) is 5.23. The zero-order chi connectivity index (χ0) is 26.8. The maximum absolute atomic E-state index is 13.6. The Balaban J connectivity index is 0.00000308. The number of pyridine rings is 2. The van der Waals surface area contributed by atoms with Crippen molar-refractivity contribution in [3.8, 4) is 11.4 Å². The van der Waals surface area contributed by atoms with E-state index in [0.29, 0.717) is 32.9 Å². The highest BCUT2D eigenvalue weighted by atomic mass is 35.5. The van der Waals surface area contributed by atoms with Crippen LogP contribution in [0.3, 0.4) is 0 Å². The summed E-state index contributed by atoms with van der Waals surface area (Å²) in [4.78, 5) is 55.5. The third-order valence-electron chi connectivity index (χ3n) is 7.04. The van der Waals surface area contributed by atoms with Crippen LogP contribution in [0.2, 0.25) is 5.02 Å². The van der Waals surface area contributed by atoms with Gasteiger partial charge in [0, 0.05) is 22.2 Å². The summed E-state index contributed by atoms with van der Waals surface area (Å²) in [5, 5.41) is 12.3. The van der Waals surface area contributed by atoms with Crippen LogP contribution in [-0.2, 0) is 33.0 Å². The van der Waals surface area contributed by atoms with Crippen LogP contribution in [0.1, 0.15) is 47.8 Å². The average molecular weight is 548 g/mol. The van der Waals surface area contributed by atoms with Gasteiger partial charge < -0.3 is 14.0 Å². The molecule has 0 saturated carbocycles. The van der Waals surface area contributed by atoms with Gasteiger partial charge in [0.2, 0.25) is 5.60 Å². The first-order valence-electron chi connectivity index (χ1n) is 11.7. The summed E-state index contributed by atoms with van der Waals surface area (Å²) in [6.45, 7) is 1.53. The molecular weight excluding hydrogens is 526 g/mol. The highest BCUT2D eigenvalue weighted by Crippen LogP contribution is 2.41. The van der Waals surface area contributed by atoms with Crippen LogP contribution in [0.15, 0.2) is 59.4 Å². The molecule has 0 fully saturated rings. The van der Waals surface area contributed by atoms with Crippen LogP contribution in [0, 0.1) is 10.1 Å². The second-order valence-corrected chi connectivity index (χ2v) is 9.50. The van der Waals surface area contributed by atoms with E-state index in [2.05, 4.69) is 4.98 Å². The lowest BCUT2D eigenvalue weighted by Crippen LogP contribution is -2.47. The lowest BCUT2D eigenvalue weighted by Gasteiger charge is -2.35. The first-order valence-corrected chi connectivity index (χ1v) is 12.1. The minimum Gasteiger partial charge on any atom is -0.457 e. The minimum atomic E-state index is -1.85. The normalized spacial score (nSPS) is 16.9. The molecule has 0 aliphatic carbocycles. The second-order valence-electron chi connectivity index (χ2n) is 9.06. The molecule has 0 spiro atoms. The predicted octanol–water partition coefficient (Wildman–Crippen LogP) is 5.14. The molecule has 11 heteroatoms. The van der Waals surface area contributed by atoms with Crippen LogP contribution in [0.4, 0.5) is 5.69 Å². The van der Waals surface area contributed by atoms with Crippen molar-refractivity contribution in [3.63, 3.8) is 0 Å². The van der Waals surface area contributed by atoms with Crippen molar-refractivity contribution in [2.75, 3.05) is 0 Å². The molecule has 4 aromatic rings. The van der Waals surface area contributed by atoms with Crippen LogP contribution >= 0.6 is 11.6 Å². The Kier molecular flexibility index (Phi) is 6.22. The molecular formula is C28H22ClN3O7. The number of hydrogen-bond acceptors (Lipinski definition) is 8. The predicted molar refractivity (Wildman–Crippen MR) is 143 cm³/mol. The Morgan fingerprint density at radius 3 is 2.64 bits per heavy atom. The molecule has 0 amide bonds. The third kappa shape index (κ3) is 3.87. The minimum absolute atomic E-state index is 0. The van der Waals surface area contributed by atoms with E-state index in [1.54, 1.807) is 31.2 Å². The molecule has 2 aliphatic heterocycles. The summed E-state index contributed by atoms with van der Waals surface area (Å²) in [6, 6.07) is 13.9. The van der Waals surface area contributed by atoms with Crippen LogP contribution < -0.4 is 5.56 Å². The quantitative estimate of drug-likeness (QED) is 0.172. The number of esters is 2. The summed E-state index contributed by atoms with van der Waals surface area (Å²) >= 11 is 5.92. The van der Waals surface area contributed by atoms with Crippen molar-refractivity contribution in [2.24, 2.45) is 0 Å². The van der Waals surface area contributed by atoms with Gasteiger partial charge in [0.15, 0.2) is 0 Å². The van der Waals surface area contributed by atoms with Gasteiger partial charge in [0.05, 0.1) is 44.9 Å². The lowest BCUT2D eigenvalue weighted by atomic mass is 9.85. The molecule has 1 atom stereocenters. The molecule has 2 aliphatic rings. The van der Waals surface area contributed by atoms with Crippen LogP contribution in [-0.4, -0.2) is 26.4 Å². The molecule has 4 heterocycles. The van der Waals surface area contributed by atoms with E-state index in [1.165, 1.54) is 34.9 Å². The molecule has 0 N–H and O–H groups in total. The average Bonchev–Trinajstić information content (AvgIpc) is 3.27.